The molecule has 31 heavy (non-hydrogen) atoms. The first kappa shape index (κ1) is 26.7. The van der Waals surface area contributed by atoms with Crippen LogP contribution in [-0.4, -0.2) is 124 Å². The van der Waals surface area contributed by atoms with Crippen LogP contribution in [-0.2, 0) is 18.9 Å². The van der Waals surface area contributed by atoms with Crippen LogP contribution >= 0.6 is 0 Å². The molecular formula is C17H36N4O10. The van der Waals surface area contributed by atoms with E-state index in [9.17, 15) is 20.4 Å². The Bertz CT molecular complexity index is 549. The lowest BCUT2D eigenvalue weighted by atomic mass is 9.97. The summed E-state index contributed by atoms with van der Waals surface area (Å²) in [6.07, 6.45) is -12.3. The van der Waals surface area contributed by atoms with Crippen LogP contribution in [0.2, 0.25) is 0 Å². The van der Waals surface area contributed by atoms with E-state index >= 15 is 0 Å². The van der Waals surface area contributed by atoms with Gasteiger partial charge in [-0.1, -0.05) is 0 Å². The third kappa shape index (κ3) is 6.27. The molecule has 0 aromatic heterocycles. The van der Waals surface area contributed by atoms with E-state index in [0.29, 0.717) is 0 Å². The molecule has 2 heterocycles. The minimum atomic E-state index is -1.75. The third-order valence-corrected chi connectivity index (χ3v) is 5.62. The summed E-state index contributed by atoms with van der Waals surface area (Å²) in [6, 6.07) is -2.81. The molecule has 2 aliphatic heterocycles. The van der Waals surface area contributed by atoms with Crippen molar-refractivity contribution in [1.82, 2.24) is 0 Å². The first-order valence-electron chi connectivity index (χ1n) is 10.1. The quantitative estimate of drug-likeness (QED) is 0.137. The van der Waals surface area contributed by atoms with Crippen LogP contribution in [0.25, 0.3) is 0 Å². The van der Waals surface area contributed by atoms with Crippen LogP contribution in [0, 0.1) is 0 Å². The predicted molar refractivity (Wildman–Crippen MR) is 104 cm³/mol. The second-order valence-corrected chi connectivity index (χ2v) is 7.97. The van der Waals surface area contributed by atoms with Crippen LogP contribution in [0.15, 0.2) is 0 Å². The molecule has 2 fully saturated rings. The second-order valence-electron chi connectivity index (χ2n) is 7.97. The van der Waals surface area contributed by atoms with Crippen LogP contribution < -0.4 is 22.9 Å². The Labute approximate surface area is 179 Å². The van der Waals surface area contributed by atoms with Gasteiger partial charge in [0.05, 0.1) is 24.8 Å². The minimum absolute atomic E-state index is 0.0211. The van der Waals surface area contributed by atoms with Gasteiger partial charge in [0, 0.05) is 12.6 Å². The normalized spacial score (nSPS) is 42.0. The number of aliphatic hydroxyl groups is 6. The lowest BCUT2D eigenvalue weighted by Crippen LogP contribution is -2.65. The standard InChI is InChI=1S/C17H36N4O10/c1-5(6(19)2-7(20)15(26)27)28-16-10(21)14(12(24)9(4-22)30-16)31-17-13(25)11(23)8(3-18)29-17/h5-17,22-27H,2-4,18-21H2,1H3/t5-,6?,7?,8?,9?,10?,11?,12?,13?,14?,16?,17?/m0/s1. The average Bonchev–Trinajstić information content (AvgIpc) is 3.00. The summed E-state index contributed by atoms with van der Waals surface area (Å²) in [6.45, 7) is 0.946. The number of ether oxygens (including phenoxy) is 4. The maximum absolute atomic E-state index is 10.5. The zero-order valence-corrected chi connectivity index (χ0v) is 17.3. The number of rotatable bonds is 10. The van der Waals surface area contributed by atoms with Gasteiger partial charge in [0.1, 0.15) is 36.6 Å². The van der Waals surface area contributed by atoms with Crippen LogP contribution in [0.5, 0.6) is 0 Å². The average molecular weight is 456 g/mol. The van der Waals surface area contributed by atoms with Crippen LogP contribution in [0.3, 0.4) is 0 Å². The number of nitrogens with two attached hydrogens (primary N) is 4. The van der Waals surface area contributed by atoms with Crippen molar-refractivity contribution in [2.24, 2.45) is 22.9 Å². The molecule has 0 amide bonds. The van der Waals surface area contributed by atoms with Gasteiger partial charge >= 0.3 is 0 Å². The highest BCUT2D eigenvalue weighted by Crippen LogP contribution is 2.29. The highest BCUT2D eigenvalue weighted by atomic mass is 16.7. The topological polar surface area (TPSA) is 262 Å². The van der Waals surface area contributed by atoms with Crippen molar-refractivity contribution < 1.29 is 49.6 Å². The molecule has 0 bridgehead atoms. The summed E-state index contributed by atoms with van der Waals surface area (Å²) in [5, 5.41) is 58.4. The predicted octanol–water partition coefficient (Wildman–Crippen LogP) is -6.06. The maximum atomic E-state index is 10.5. The smallest absolute Gasteiger partial charge is 0.187 e. The van der Waals surface area contributed by atoms with Gasteiger partial charge in [-0.05, 0) is 13.3 Å². The fourth-order valence-corrected chi connectivity index (χ4v) is 3.50. The van der Waals surface area contributed by atoms with Gasteiger partial charge in [0.25, 0.3) is 0 Å². The van der Waals surface area contributed by atoms with E-state index in [4.69, 9.17) is 52.1 Å². The van der Waals surface area contributed by atoms with Gasteiger partial charge < -0.3 is 72.5 Å². The number of aliphatic hydroxyl groups excluding tert-OH is 5. The maximum Gasteiger partial charge on any atom is 0.187 e. The molecule has 0 aromatic rings. The molecule has 14 N–H and O–H groups in total. The molecule has 0 radical (unpaired) electrons. The second kappa shape index (κ2) is 11.5. The highest BCUT2D eigenvalue weighted by molar-refractivity contribution is 4.96. The molecular weight excluding hydrogens is 420 g/mol. The Morgan fingerprint density at radius 3 is 2.06 bits per heavy atom. The summed E-state index contributed by atoms with van der Waals surface area (Å²) in [5.74, 6) is 0. The fourth-order valence-electron chi connectivity index (χ4n) is 3.50. The van der Waals surface area contributed by atoms with Crippen LogP contribution in [0.1, 0.15) is 13.3 Å². The summed E-state index contributed by atoms with van der Waals surface area (Å²) in [7, 11) is 0. The van der Waals surface area contributed by atoms with Crippen LogP contribution in [0.4, 0.5) is 0 Å². The largest absolute Gasteiger partial charge is 0.394 e. The van der Waals surface area contributed by atoms with Gasteiger partial charge in [-0.15, -0.1) is 0 Å². The van der Waals surface area contributed by atoms with E-state index in [1.54, 1.807) is 6.92 Å². The van der Waals surface area contributed by atoms with Crippen molar-refractivity contribution in [1.29, 1.82) is 0 Å². The summed E-state index contributed by atoms with van der Waals surface area (Å²) in [4.78, 5) is 0. The van der Waals surface area contributed by atoms with Gasteiger partial charge in [-0.2, -0.15) is 0 Å². The van der Waals surface area contributed by atoms with Crippen molar-refractivity contribution in [3.05, 3.63) is 0 Å². The number of hydrogen-bond donors (Lipinski definition) is 10. The van der Waals surface area contributed by atoms with Gasteiger partial charge in [-0.3, -0.25) is 0 Å². The van der Waals surface area contributed by atoms with E-state index in [1.165, 1.54) is 0 Å². The van der Waals surface area contributed by atoms with Gasteiger partial charge in [0.15, 0.2) is 18.9 Å². The molecule has 0 saturated carbocycles. The molecule has 0 spiro atoms. The Morgan fingerprint density at radius 2 is 1.55 bits per heavy atom. The Kier molecular flexibility index (Phi) is 9.93. The van der Waals surface area contributed by atoms with E-state index in [0.717, 1.165) is 0 Å². The SMILES string of the molecule is C[C@H](OC1OC(CO)C(O)C(OC2OC(CN)C(O)C2O)C1N)C(N)CC(N)C(O)O. The molecule has 14 heteroatoms. The van der Waals surface area contributed by atoms with Crippen molar-refractivity contribution in [3.63, 3.8) is 0 Å². The lowest BCUT2D eigenvalue weighted by molar-refractivity contribution is -0.307. The zero-order chi connectivity index (χ0) is 23.5. The molecule has 2 saturated heterocycles. The molecule has 14 nitrogen and oxygen atoms in total. The molecule has 2 rings (SSSR count). The minimum Gasteiger partial charge on any atom is -0.394 e. The van der Waals surface area contributed by atoms with E-state index in [2.05, 4.69) is 0 Å². The van der Waals surface area contributed by atoms with E-state index in [1.807, 2.05) is 0 Å². The van der Waals surface area contributed by atoms with E-state index < -0.39 is 86.3 Å². The molecule has 11 unspecified atom stereocenters. The fraction of sp³-hybridized carbons (Fsp3) is 1.00. The zero-order valence-electron chi connectivity index (χ0n) is 17.3. The van der Waals surface area contributed by atoms with Crippen molar-refractivity contribution in [3.8, 4) is 0 Å². The summed E-state index contributed by atoms with van der Waals surface area (Å²) in [5.41, 5.74) is 23.2. The Morgan fingerprint density at radius 1 is 0.935 bits per heavy atom. The Hall–Kier alpha value is -0.560. The monoisotopic (exact) mass is 456 g/mol. The third-order valence-electron chi connectivity index (χ3n) is 5.62. The highest BCUT2D eigenvalue weighted by Gasteiger charge is 2.50. The van der Waals surface area contributed by atoms with Gasteiger partial charge in [-0.25, -0.2) is 0 Å². The molecule has 12 atom stereocenters. The molecule has 0 aromatic carbocycles. The van der Waals surface area contributed by atoms with Crippen molar-refractivity contribution in [2.75, 3.05) is 13.2 Å². The summed E-state index contributed by atoms with van der Waals surface area (Å²) >= 11 is 0. The first-order chi connectivity index (χ1) is 14.5. The number of hydrogen-bond acceptors (Lipinski definition) is 14. The molecule has 2 aliphatic rings. The van der Waals surface area contributed by atoms with Crippen molar-refractivity contribution in [2.45, 2.75) is 93.1 Å². The summed E-state index contributed by atoms with van der Waals surface area (Å²) < 4.78 is 22.3. The molecule has 184 valence electrons. The van der Waals surface area contributed by atoms with Crippen molar-refractivity contribution >= 4 is 0 Å². The van der Waals surface area contributed by atoms with E-state index in [-0.39, 0.29) is 13.0 Å². The first-order valence-corrected chi connectivity index (χ1v) is 10.1. The Balaban J connectivity index is 2.06. The lowest BCUT2D eigenvalue weighted by Gasteiger charge is -2.44. The van der Waals surface area contributed by atoms with Gasteiger partial charge in [0.2, 0.25) is 0 Å². The molecule has 0 aliphatic carbocycles.